The molecule has 0 saturated carbocycles. The van der Waals surface area contributed by atoms with E-state index in [9.17, 15) is 5.11 Å². The third kappa shape index (κ3) is 1.96. The summed E-state index contributed by atoms with van der Waals surface area (Å²) in [5.41, 5.74) is 2.40. The summed E-state index contributed by atoms with van der Waals surface area (Å²) in [6.07, 6.45) is 5.53. The van der Waals surface area contributed by atoms with Gasteiger partial charge in [0, 0.05) is 23.4 Å². The van der Waals surface area contributed by atoms with Crippen LogP contribution in [-0.4, -0.2) is 35.7 Å². The lowest BCUT2D eigenvalue weighted by molar-refractivity contribution is 0.0234. The predicted octanol–water partition coefficient (Wildman–Crippen LogP) is 1.74. The Labute approximate surface area is 89.0 Å². The molecule has 76 valence electrons. The van der Waals surface area contributed by atoms with E-state index in [1.807, 2.05) is 17.6 Å². The molecule has 2 nitrogen and oxygen atoms in total. The van der Waals surface area contributed by atoms with Gasteiger partial charge in [-0.25, -0.2) is 0 Å². The Balaban J connectivity index is 2.09. The molecule has 2 heterocycles. The van der Waals surface area contributed by atoms with Crippen LogP contribution in [-0.2, 0) is 0 Å². The van der Waals surface area contributed by atoms with E-state index < -0.39 is 5.60 Å². The lowest BCUT2D eigenvalue weighted by Gasteiger charge is -2.37. The number of likely N-dealkylation sites (tertiary alicyclic amines) is 1. The maximum absolute atomic E-state index is 10.4. The summed E-state index contributed by atoms with van der Waals surface area (Å²) in [5, 5.41) is 12.3. The van der Waals surface area contributed by atoms with E-state index in [4.69, 9.17) is 0 Å². The van der Waals surface area contributed by atoms with Gasteiger partial charge in [0.25, 0.3) is 0 Å². The zero-order valence-electron chi connectivity index (χ0n) is 8.36. The van der Waals surface area contributed by atoms with Crippen LogP contribution in [0.25, 0.3) is 0 Å². The third-order valence-electron chi connectivity index (χ3n) is 2.86. The van der Waals surface area contributed by atoms with Crippen LogP contribution in [0, 0.1) is 0 Å². The molecule has 0 unspecified atom stereocenters. The van der Waals surface area contributed by atoms with Gasteiger partial charge in [0.15, 0.2) is 0 Å². The van der Waals surface area contributed by atoms with Gasteiger partial charge in [-0.05, 0) is 32.0 Å². The number of hydrogen-bond donors (Lipinski definition) is 1. The molecule has 3 heteroatoms. The van der Waals surface area contributed by atoms with Gasteiger partial charge >= 0.3 is 0 Å². The summed E-state index contributed by atoms with van der Waals surface area (Å²) >= 11 is 1.60. The van der Waals surface area contributed by atoms with Crippen molar-refractivity contribution in [3.05, 3.63) is 28.2 Å². The average molecular weight is 209 g/mol. The minimum atomic E-state index is -0.591. The Kier molecular flexibility index (Phi) is 2.84. The summed E-state index contributed by atoms with van der Waals surface area (Å²) in [6.45, 7) is 1.95. The molecule has 0 aromatic carbocycles. The van der Waals surface area contributed by atoms with Crippen LogP contribution >= 0.6 is 11.8 Å². The third-order valence-corrected chi connectivity index (χ3v) is 3.88. The van der Waals surface area contributed by atoms with Crippen molar-refractivity contribution in [2.75, 3.05) is 20.1 Å². The maximum Gasteiger partial charge on any atom is 0.0982 e. The number of piperidine rings is 1. The Morgan fingerprint density at radius 1 is 1.50 bits per heavy atom. The van der Waals surface area contributed by atoms with Crippen molar-refractivity contribution in [1.82, 2.24) is 4.90 Å². The fourth-order valence-corrected chi connectivity index (χ4v) is 2.64. The van der Waals surface area contributed by atoms with E-state index in [0.717, 1.165) is 30.8 Å². The SMILES string of the molecule is CN1CCC(O)(C2=CC=C=CS2)CC1. The number of aliphatic hydroxyl groups is 1. The molecule has 2 aliphatic rings. The normalized spacial score (nSPS) is 26.3. The van der Waals surface area contributed by atoms with Gasteiger partial charge in [-0.2, -0.15) is 0 Å². The number of rotatable bonds is 1. The lowest BCUT2D eigenvalue weighted by atomic mass is 9.91. The Morgan fingerprint density at radius 2 is 2.21 bits per heavy atom. The first kappa shape index (κ1) is 10.1. The van der Waals surface area contributed by atoms with Crippen LogP contribution in [0.3, 0.4) is 0 Å². The summed E-state index contributed by atoms with van der Waals surface area (Å²) in [7, 11) is 2.10. The Hall–Kier alpha value is -0.470. The number of allylic oxidation sites excluding steroid dienone is 2. The molecule has 0 spiro atoms. The summed E-state index contributed by atoms with van der Waals surface area (Å²) in [6, 6.07) is 0. The van der Waals surface area contributed by atoms with Gasteiger partial charge in [-0.1, -0.05) is 11.8 Å². The van der Waals surface area contributed by atoms with E-state index in [-0.39, 0.29) is 0 Å². The molecular formula is C11H15NOS. The molecule has 1 N–H and O–H groups in total. The molecule has 0 amide bonds. The van der Waals surface area contributed by atoms with Crippen molar-refractivity contribution in [3.8, 4) is 0 Å². The van der Waals surface area contributed by atoms with E-state index >= 15 is 0 Å². The van der Waals surface area contributed by atoms with Crippen molar-refractivity contribution in [3.63, 3.8) is 0 Å². The molecule has 0 radical (unpaired) electrons. The van der Waals surface area contributed by atoms with E-state index in [1.54, 1.807) is 11.8 Å². The smallest absolute Gasteiger partial charge is 0.0982 e. The molecule has 1 fully saturated rings. The highest BCUT2D eigenvalue weighted by Crippen LogP contribution is 2.37. The fourth-order valence-electron chi connectivity index (χ4n) is 1.80. The first-order chi connectivity index (χ1) is 6.71. The second-order valence-corrected chi connectivity index (χ2v) is 4.85. The molecular weight excluding hydrogens is 194 g/mol. The van der Waals surface area contributed by atoms with Gasteiger partial charge in [0.05, 0.1) is 5.60 Å². The van der Waals surface area contributed by atoms with Crippen molar-refractivity contribution in [1.29, 1.82) is 0 Å². The maximum atomic E-state index is 10.4. The van der Waals surface area contributed by atoms with Crippen molar-refractivity contribution >= 4 is 11.8 Å². The molecule has 0 aromatic heterocycles. The molecule has 0 bridgehead atoms. The van der Waals surface area contributed by atoms with Gasteiger partial charge in [0.1, 0.15) is 0 Å². The molecule has 1 saturated heterocycles. The average Bonchev–Trinajstić information content (AvgIpc) is 2.24. The second-order valence-electron chi connectivity index (χ2n) is 3.93. The zero-order valence-corrected chi connectivity index (χ0v) is 9.18. The van der Waals surface area contributed by atoms with Crippen LogP contribution in [0.2, 0.25) is 0 Å². The first-order valence-electron chi connectivity index (χ1n) is 4.90. The number of nitrogens with zero attached hydrogens (tertiary/aromatic N) is 1. The molecule has 2 aliphatic heterocycles. The fraction of sp³-hybridized carbons (Fsp3) is 0.545. The van der Waals surface area contributed by atoms with E-state index in [0.29, 0.717) is 0 Å². The molecule has 0 aromatic rings. The van der Waals surface area contributed by atoms with Crippen LogP contribution in [0.4, 0.5) is 0 Å². The molecule has 14 heavy (non-hydrogen) atoms. The summed E-state index contributed by atoms with van der Waals surface area (Å²) < 4.78 is 0. The molecule has 0 atom stereocenters. The van der Waals surface area contributed by atoms with Crippen LogP contribution in [0.15, 0.2) is 28.2 Å². The van der Waals surface area contributed by atoms with E-state index in [2.05, 4.69) is 17.7 Å². The topological polar surface area (TPSA) is 23.5 Å². The molecule has 0 aliphatic carbocycles. The van der Waals surface area contributed by atoms with E-state index in [1.165, 1.54) is 0 Å². The van der Waals surface area contributed by atoms with Gasteiger partial charge in [0.2, 0.25) is 0 Å². The predicted molar refractivity (Wildman–Crippen MR) is 60.0 cm³/mol. The lowest BCUT2D eigenvalue weighted by Crippen LogP contribution is -2.43. The van der Waals surface area contributed by atoms with Crippen LogP contribution in [0.5, 0.6) is 0 Å². The van der Waals surface area contributed by atoms with Gasteiger partial charge in [-0.3, -0.25) is 0 Å². The van der Waals surface area contributed by atoms with Crippen molar-refractivity contribution in [2.45, 2.75) is 18.4 Å². The van der Waals surface area contributed by atoms with Crippen molar-refractivity contribution < 1.29 is 5.11 Å². The van der Waals surface area contributed by atoms with Gasteiger partial charge < -0.3 is 10.0 Å². The highest BCUT2D eigenvalue weighted by molar-refractivity contribution is 8.05. The Bertz CT molecular complexity index is 307. The second kappa shape index (κ2) is 3.95. The Morgan fingerprint density at radius 3 is 2.79 bits per heavy atom. The van der Waals surface area contributed by atoms with Crippen LogP contribution < -0.4 is 0 Å². The highest BCUT2D eigenvalue weighted by atomic mass is 32.2. The minimum Gasteiger partial charge on any atom is -0.385 e. The highest BCUT2D eigenvalue weighted by Gasteiger charge is 2.34. The minimum absolute atomic E-state index is 0.591. The summed E-state index contributed by atoms with van der Waals surface area (Å²) in [5.74, 6) is 0. The first-order valence-corrected chi connectivity index (χ1v) is 5.78. The van der Waals surface area contributed by atoms with Gasteiger partial charge in [-0.15, -0.1) is 5.73 Å². The zero-order chi connectivity index (χ0) is 10.0. The van der Waals surface area contributed by atoms with Crippen molar-refractivity contribution in [2.24, 2.45) is 0 Å². The number of thioether (sulfide) groups is 1. The monoisotopic (exact) mass is 209 g/mol. The summed E-state index contributed by atoms with van der Waals surface area (Å²) in [4.78, 5) is 3.33. The number of hydrogen-bond acceptors (Lipinski definition) is 3. The molecule has 2 rings (SSSR count). The standard InChI is InChI=1S/C11H15NOS/c1-12-7-5-11(13,6-8-12)10-4-2-3-9-14-10/h2,4,9,13H,5-8H2,1H3. The quantitative estimate of drug-likeness (QED) is 0.665. The largest absolute Gasteiger partial charge is 0.385 e. The van der Waals surface area contributed by atoms with Crippen LogP contribution in [0.1, 0.15) is 12.8 Å².